The lowest BCUT2D eigenvalue weighted by Crippen LogP contribution is -2.16. The molecule has 0 aromatic rings. The number of hydrogen-bond donors (Lipinski definition) is 2. The predicted molar refractivity (Wildman–Crippen MR) is 27.8 cm³/mol. The fourth-order valence-corrected chi connectivity index (χ4v) is 0.591. The lowest BCUT2D eigenvalue weighted by atomic mass is 10.4. The maximum atomic E-state index is 8.23. The van der Waals surface area contributed by atoms with Gasteiger partial charge in [0, 0.05) is 6.54 Å². The summed E-state index contributed by atoms with van der Waals surface area (Å²) in [5.41, 5.74) is 0. The van der Waals surface area contributed by atoms with Crippen LogP contribution < -0.4 is 5.32 Å². The van der Waals surface area contributed by atoms with Crippen LogP contribution >= 0.6 is 0 Å². The molecule has 0 radical (unpaired) electrons. The SMILES string of the molecule is OCNCC1CC1. The Labute approximate surface area is 43.5 Å². The summed E-state index contributed by atoms with van der Waals surface area (Å²) in [6.07, 6.45) is 2.71. The molecular weight excluding hydrogens is 90.1 g/mol. The fraction of sp³-hybridized carbons (Fsp3) is 1.00. The first-order valence-electron chi connectivity index (χ1n) is 2.75. The Morgan fingerprint density at radius 1 is 1.57 bits per heavy atom. The van der Waals surface area contributed by atoms with E-state index in [-0.39, 0.29) is 6.73 Å². The van der Waals surface area contributed by atoms with Gasteiger partial charge in [-0.05, 0) is 18.8 Å². The summed E-state index contributed by atoms with van der Waals surface area (Å²) in [4.78, 5) is 0. The molecular formula is C5H11NO. The monoisotopic (exact) mass is 101 g/mol. The van der Waals surface area contributed by atoms with Crippen LogP contribution in [0.5, 0.6) is 0 Å². The molecule has 1 rings (SSSR count). The molecule has 0 atom stereocenters. The number of hydrogen-bond acceptors (Lipinski definition) is 2. The van der Waals surface area contributed by atoms with Gasteiger partial charge in [0.05, 0.1) is 6.73 Å². The third-order valence-electron chi connectivity index (χ3n) is 1.24. The lowest BCUT2D eigenvalue weighted by Gasteiger charge is -1.93. The number of rotatable bonds is 3. The van der Waals surface area contributed by atoms with Gasteiger partial charge in [-0.2, -0.15) is 0 Å². The molecule has 1 aliphatic rings. The highest BCUT2D eigenvalue weighted by Gasteiger charge is 2.19. The number of aliphatic hydroxyl groups excluding tert-OH is 1. The highest BCUT2D eigenvalue weighted by atomic mass is 16.3. The minimum atomic E-state index is 0.135. The molecule has 0 heterocycles. The van der Waals surface area contributed by atoms with Gasteiger partial charge in [0.15, 0.2) is 0 Å². The first-order valence-corrected chi connectivity index (χ1v) is 2.75. The zero-order valence-electron chi connectivity index (χ0n) is 4.35. The van der Waals surface area contributed by atoms with Crippen LogP contribution in [0.2, 0.25) is 0 Å². The minimum absolute atomic E-state index is 0.135. The number of aliphatic hydroxyl groups is 1. The Balaban J connectivity index is 1.80. The normalized spacial score (nSPS) is 20.1. The van der Waals surface area contributed by atoms with E-state index < -0.39 is 0 Å². The third-order valence-corrected chi connectivity index (χ3v) is 1.24. The molecule has 42 valence electrons. The Bertz CT molecular complexity index is 52.0. The van der Waals surface area contributed by atoms with Crippen LogP contribution in [0.4, 0.5) is 0 Å². The molecule has 1 saturated carbocycles. The molecule has 7 heavy (non-hydrogen) atoms. The molecule has 0 aromatic carbocycles. The molecule has 0 amide bonds. The van der Waals surface area contributed by atoms with E-state index in [9.17, 15) is 0 Å². The van der Waals surface area contributed by atoms with Crippen molar-refractivity contribution in [1.29, 1.82) is 0 Å². The number of nitrogens with one attached hydrogen (secondary N) is 1. The van der Waals surface area contributed by atoms with E-state index in [0.717, 1.165) is 12.5 Å². The van der Waals surface area contributed by atoms with Gasteiger partial charge in [0.25, 0.3) is 0 Å². The average Bonchev–Trinajstić information content (AvgIpc) is 2.42. The van der Waals surface area contributed by atoms with E-state index in [4.69, 9.17) is 5.11 Å². The van der Waals surface area contributed by atoms with Crippen LogP contribution in [-0.4, -0.2) is 18.4 Å². The summed E-state index contributed by atoms with van der Waals surface area (Å²) < 4.78 is 0. The van der Waals surface area contributed by atoms with Gasteiger partial charge in [-0.1, -0.05) is 0 Å². The molecule has 0 aromatic heterocycles. The zero-order chi connectivity index (χ0) is 5.11. The van der Waals surface area contributed by atoms with Crippen molar-refractivity contribution in [2.24, 2.45) is 5.92 Å². The Hall–Kier alpha value is -0.0800. The quantitative estimate of drug-likeness (QED) is 0.488. The molecule has 2 N–H and O–H groups in total. The van der Waals surface area contributed by atoms with Crippen LogP contribution in [-0.2, 0) is 0 Å². The van der Waals surface area contributed by atoms with Crippen LogP contribution in [0.15, 0.2) is 0 Å². The van der Waals surface area contributed by atoms with Crippen molar-refractivity contribution in [3.8, 4) is 0 Å². The molecule has 1 aliphatic carbocycles. The van der Waals surface area contributed by atoms with Crippen molar-refractivity contribution in [3.05, 3.63) is 0 Å². The summed E-state index contributed by atoms with van der Waals surface area (Å²) in [5, 5.41) is 11.1. The minimum Gasteiger partial charge on any atom is -0.381 e. The van der Waals surface area contributed by atoms with Crippen molar-refractivity contribution in [2.75, 3.05) is 13.3 Å². The molecule has 2 nitrogen and oxygen atoms in total. The van der Waals surface area contributed by atoms with Crippen LogP contribution in [0.3, 0.4) is 0 Å². The summed E-state index contributed by atoms with van der Waals surface area (Å²) in [6.45, 7) is 1.15. The standard InChI is InChI=1S/C5H11NO/c7-4-6-3-5-1-2-5/h5-7H,1-4H2. The van der Waals surface area contributed by atoms with Crippen LogP contribution in [0.1, 0.15) is 12.8 Å². The predicted octanol–water partition coefficient (Wildman–Crippen LogP) is -0.0642. The molecule has 1 fully saturated rings. The summed E-state index contributed by atoms with van der Waals surface area (Å²) in [7, 11) is 0. The van der Waals surface area contributed by atoms with Crippen molar-refractivity contribution in [1.82, 2.24) is 5.32 Å². The largest absolute Gasteiger partial charge is 0.381 e. The van der Waals surface area contributed by atoms with E-state index in [1.165, 1.54) is 12.8 Å². The molecule has 2 heteroatoms. The average molecular weight is 101 g/mol. The molecule has 0 bridgehead atoms. The van der Waals surface area contributed by atoms with Gasteiger partial charge in [-0.15, -0.1) is 0 Å². The molecule has 0 saturated heterocycles. The molecule has 0 aliphatic heterocycles. The second-order valence-corrected chi connectivity index (χ2v) is 2.06. The molecule has 0 unspecified atom stereocenters. The van der Waals surface area contributed by atoms with Crippen molar-refractivity contribution < 1.29 is 5.11 Å². The first kappa shape index (κ1) is 5.06. The highest BCUT2D eigenvalue weighted by Crippen LogP contribution is 2.27. The Kier molecular flexibility index (Phi) is 1.65. The second-order valence-electron chi connectivity index (χ2n) is 2.06. The maximum Gasteiger partial charge on any atom is 0.0931 e. The van der Waals surface area contributed by atoms with Gasteiger partial charge in [-0.25, -0.2) is 0 Å². The van der Waals surface area contributed by atoms with Crippen molar-refractivity contribution in [3.63, 3.8) is 0 Å². The summed E-state index contributed by atoms with van der Waals surface area (Å²) in [6, 6.07) is 0. The van der Waals surface area contributed by atoms with E-state index in [1.807, 2.05) is 0 Å². The van der Waals surface area contributed by atoms with E-state index in [2.05, 4.69) is 5.32 Å². The fourth-order valence-electron chi connectivity index (χ4n) is 0.591. The summed E-state index contributed by atoms with van der Waals surface area (Å²) in [5.74, 6) is 0.882. The van der Waals surface area contributed by atoms with Gasteiger partial charge in [0.2, 0.25) is 0 Å². The van der Waals surface area contributed by atoms with Crippen molar-refractivity contribution >= 4 is 0 Å². The van der Waals surface area contributed by atoms with Crippen molar-refractivity contribution in [2.45, 2.75) is 12.8 Å². The first-order chi connectivity index (χ1) is 3.43. The highest BCUT2D eigenvalue weighted by molar-refractivity contribution is 4.74. The molecule has 0 spiro atoms. The maximum absolute atomic E-state index is 8.23. The smallest absolute Gasteiger partial charge is 0.0931 e. The Morgan fingerprint density at radius 3 is 2.71 bits per heavy atom. The third kappa shape index (κ3) is 1.90. The Morgan fingerprint density at radius 2 is 2.29 bits per heavy atom. The van der Waals surface area contributed by atoms with E-state index >= 15 is 0 Å². The van der Waals surface area contributed by atoms with E-state index in [0.29, 0.717) is 0 Å². The lowest BCUT2D eigenvalue weighted by molar-refractivity contribution is 0.259. The van der Waals surface area contributed by atoms with Gasteiger partial charge >= 0.3 is 0 Å². The van der Waals surface area contributed by atoms with Crippen LogP contribution in [0, 0.1) is 5.92 Å². The van der Waals surface area contributed by atoms with Gasteiger partial charge < -0.3 is 5.11 Å². The zero-order valence-corrected chi connectivity index (χ0v) is 4.35. The second kappa shape index (κ2) is 2.28. The van der Waals surface area contributed by atoms with Gasteiger partial charge in [0.1, 0.15) is 0 Å². The summed E-state index contributed by atoms with van der Waals surface area (Å²) >= 11 is 0. The van der Waals surface area contributed by atoms with Crippen LogP contribution in [0.25, 0.3) is 0 Å². The topological polar surface area (TPSA) is 32.3 Å². The van der Waals surface area contributed by atoms with E-state index in [1.54, 1.807) is 0 Å². The van der Waals surface area contributed by atoms with Gasteiger partial charge in [-0.3, -0.25) is 5.32 Å².